The van der Waals surface area contributed by atoms with E-state index < -0.39 is 24.6 Å². The summed E-state index contributed by atoms with van der Waals surface area (Å²) in [6, 6.07) is -0.427. The standard InChI is InChI=1S/C11H16N2O4/c1-2-5-12(8-10(15)16)11(17)13-6-3-4-9(14)7-13/h1,9,14H,3-8H2,(H,15,16). The molecule has 1 heterocycles. The minimum absolute atomic E-state index is 0.0439. The Hall–Kier alpha value is -1.74. The van der Waals surface area contributed by atoms with Gasteiger partial charge in [-0.05, 0) is 12.8 Å². The maximum atomic E-state index is 12.0. The number of aliphatic carboxylic acids is 1. The quantitative estimate of drug-likeness (QED) is 0.657. The zero-order valence-electron chi connectivity index (χ0n) is 9.50. The van der Waals surface area contributed by atoms with Crippen LogP contribution in [-0.4, -0.2) is 64.3 Å². The van der Waals surface area contributed by atoms with Crippen LogP contribution in [0.15, 0.2) is 0 Å². The summed E-state index contributed by atoms with van der Waals surface area (Å²) in [5.41, 5.74) is 0. The molecule has 1 atom stereocenters. The average Bonchev–Trinajstić information content (AvgIpc) is 2.27. The first-order valence-corrected chi connectivity index (χ1v) is 5.41. The summed E-state index contributed by atoms with van der Waals surface area (Å²) < 4.78 is 0. The number of piperidine rings is 1. The predicted octanol–water partition coefficient (Wildman–Crippen LogP) is -0.417. The number of carbonyl (C=O) groups excluding carboxylic acids is 1. The van der Waals surface area contributed by atoms with Crippen LogP contribution in [0.1, 0.15) is 12.8 Å². The van der Waals surface area contributed by atoms with Crippen LogP contribution in [0.3, 0.4) is 0 Å². The van der Waals surface area contributed by atoms with Gasteiger partial charge in [0.2, 0.25) is 0 Å². The number of aliphatic hydroxyl groups excluding tert-OH is 1. The second-order valence-corrected chi connectivity index (χ2v) is 3.98. The highest BCUT2D eigenvalue weighted by Gasteiger charge is 2.26. The topological polar surface area (TPSA) is 81.1 Å². The predicted molar refractivity (Wildman–Crippen MR) is 60.3 cm³/mol. The molecule has 1 unspecified atom stereocenters. The van der Waals surface area contributed by atoms with Gasteiger partial charge < -0.3 is 20.0 Å². The molecule has 2 N–H and O–H groups in total. The third-order valence-corrected chi connectivity index (χ3v) is 2.55. The molecular formula is C11H16N2O4. The lowest BCUT2D eigenvalue weighted by Gasteiger charge is -2.33. The lowest BCUT2D eigenvalue weighted by molar-refractivity contribution is -0.137. The van der Waals surface area contributed by atoms with Gasteiger partial charge in [0.1, 0.15) is 6.54 Å². The van der Waals surface area contributed by atoms with Crippen LogP contribution in [0, 0.1) is 12.3 Å². The van der Waals surface area contributed by atoms with Crippen LogP contribution in [-0.2, 0) is 4.79 Å². The van der Waals surface area contributed by atoms with Crippen LogP contribution in [0.5, 0.6) is 0 Å². The molecule has 94 valence electrons. The summed E-state index contributed by atoms with van der Waals surface area (Å²) in [6.45, 7) is 0.295. The molecule has 0 spiro atoms. The number of rotatable bonds is 3. The van der Waals surface area contributed by atoms with E-state index in [-0.39, 0.29) is 13.1 Å². The highest BCUT2D eigenvalue weighted by Crippen LogP contribution is 2.11. The molecule has 0 aromatic rings. The van der Waals surface area contributed by atoms with E-state index in [4.69, 9.17) is 11.5 Å². The van der Waals surface area contributed by atoms with Crippen molar-refractivity contribution in [1.29, 1.82) is 0 Å². The molecule has 0 aromatic heterocycles. The van der Waals surface area contributed by atoms with E-state index in [1.807, 2.05) is 0 Å². The smallest absolute Gasteiger partial charge is 0.323 e. The van der Waals surface area contributed by atoms with Crippen molar-refractivity contribution in [2.24, 2.45) is 0 Å². The largest absolute Gasteiger partial charge is 0.480 e. The fourth-order valence-corrected chi connectivity index (χ4v) is 1.79. The number of nitrogens with zero attached hydrogens (tertiary/aromatic N) is 2. The molecule has 2 amide bonds. The van der Waals surface area contributed by atoms with Gasteiger partial charge >= 0.3 is 12.0 Å². The van der Waals surface area contributed by atoms with Crippen LogP contribution >= 0.6 is 0 Å². The zero-order chi connectivity index (χ0) is 12.8. The van der Waals surface area contributed by atoms with Crippen molar-refractivity contribution in [2.75, 3.05) is 26.2 Å². The molecule has 1 fully saturated rings. The molecule has 1 rings (SSSR count). The van der Waals surface area contributed by atoms with Crippen molar-refractivity contribution < 1.29 is 19.8 Å². The number of carbonyl (C=O) groups is 2. The Kier molecular flexibility index (Phi) is 4.79. The van der Waals surface area contributed by atoms with Gasteiger partial charge in [0.25, 0.3) is 0 Å². The van der Waals surface area contributed by atoms with Gasteiger partial charge in [-0.15, -0.1) is 6.42 Å². The highest BCUT2D eigenvalue weighted by atomic mass is 16.4. The van der Waals surface area contributed by atoms with E-state index in [2.05, 4.69) is 5.92 Å². The van der Waals surface area contributed by atoms with Crippen LogP contribution in [0.25, 0.3) is 0 Å². The number of amides is 2. The fourth-order valence-electron chi connectivity index (χ4n) is 1.79. The number of aliphatic hydroxyl groups is 1. The fraction of sp³-hybridized carbons (Fsp3) is 0.636. The molecule has 0 bridgehead atoms. The number of carboxylic acid groups (broad SMARTS) is 1. The van der Waals surface area contributed by atoms with Crippen LogP contribution in [0.2, 0.25) is 0 Å². The van der Waals surface area contributed by atoms with Gasteiger partial charge in [-0.25, -0.2) is 4.79 Å². The summed E-state index contributed by atoms with van der Waals surface area (Å²) in [5, 5.41) is 18.1. The Bertz CT molecular complexity index is 337. The maximum absolute atomic E-state index is 12.0. The summed E-state index contributed by atoms with van der Waals surface area (Å²) in [5.74, 6) is 1.15. The molecule has 1 saturated heterocycles. The van der Waals surface area contributed by atoms with Crippen molar-refractivity contribution in [2.45, 2.75) is 18.9 Å². The van der Waals surface area contributed by atoms with E-state index in [9.17, 15) is 14.7 Å². The number of hydrogen-bond donors (Lipinski definition) is 2. The van der Waals surface area contributed by atoms with Crippen molar-refractivity contribution in [1.82, 2.24) is 9.80 Å². The van der Waals surface area contributed by atoms with Gasteiger partial charge in [0.15, 0.2) is 0 Å². The van der Waals surface area contributed by atoms with E-state index in [0.717, 1.165) is 4.90 Å². The SMILES string of the molecule is C#CCN(CC(=O)O)C(=O)N1CCCC(O)C1. The molecule has 0 aliphatic carbocycles. The molecule has 0 saturated carbocycles. The maximum Gasteiger partial charge on any atom is 0.323 e. The molecule has 6 heteroatoms. The normalized spacial score (nSPS) is 19.5. The van der Waals surface area contributed by atoms with Crippen molar-refractivity contribution in [3.63, 3.8) is 0 Å². The van der Waals surface area contributed by atoms with E-state index in [0.29, 0.717) is 19.4 Å². The number of terminal acetylenes is 1. The third-order valence-electron chi connectivity index (χ3n) is 2.55. The summed E-state index contributed by atoms with van der Waals surface area (Å²) in [4.78, 5) is 25.1. The Morgan fingerprint density at radius 1 is 1.53 bits per heavy atom. The lowest BCUT2D eigenvalue weighted by Crippen LogP contribution is -2.50. The first-order valence-electron chi connectivity index (χ1n) is 5.41. The zero-order valence-corrected chi connectivity index (χ0v) is 9.50. The van der Waals surface area contributed by atoms with Crippen LogP contribution < -0.4 is 0 Å². The highest BCUT2D eigenvalue weighted by molar-refractivity contribution is 5.80. The Balaban J connectivity index is 2.63. The minimum atomic E-state index is -1.11. The van der Waals surface area contributed by atoms with E-state index in [1.54, 1.807) is 0 Å². The first-order chi connectivity index (χ1) is 8.04. The number of hydrogen-bond acceptors (Lipinski definition) is 3. The summed E-state index contributed by atoms with van der Waals surface area (Å²) in [6.07, 6.45) is 5.93. The van der Waals surface area contributed by atoms with E-state index >= 15 is 0 Å². The van der Waals surface area contributed by atoms with Gasteiger partial charge in [-0.3, -0.25) is 4.79 Å². The minimum Gasteiger partial charge on any atom is -0.480 e. The van der Waals surface area contributed by atoms with Crippen molar-refractivity contribution in [3.8, 4) is 12.3 Å². The van der Waals surface area contributed by atoms with Gasteiger partial charge in [0, 0.05) is 13.1 Å². The lowest BCUT2D eigenvalue weighted by atomic mass is 10.1. The van der Waals surface area contributed by atoms with Crippen molar-refractivity contribution in [3.05, 3.63) is 0 Å². The van der Waals surface area contributed by atoms with Gasteiger partial charge in [-0.2, -0.15) is 0 Å². The first kappa shape index (κ1) is 13.3. The number of likely N-dealkylation sites (tertiary alicyclic amines) is 1. The van der Waals surface area contributed by atoms with Crippen molar-refractivity contribution >= 4 is 12.0 Å². The molecule has 6 nitrogen and oxygen atoms in total. The monoisotopic (exact) mass is 240 g/mol. The van der Waals surface area contributed by atoms with Gasteiger partial charge in [-0.1, -0.05) is 5.92 Å². The molecule has 0 radical (unpaired) electrons. The molecule has 0 aromatic carbocycles. The molecule has 17 heavy (non-hydrogen) atoms. The van der Waals surface area contributed by atoms with Gasteiger partial charge in [0.05, 0.1) is 12.6 Å². The number of β-amino-alcohol motifs (C(OH)–C–C–N with tert-alkyl or cyclic N) is 1. The Morgan fingerprint density at radius 3 is 2.76 bits per heavy atom. The Morgan fingerprint density at radius 2 is 2.24 bits per heavy atom. The number of urea groups is 1. The second kappa shape index (κ2) is 6.11. The summed E-state index contributed by atoms with van der Waals surface area (Å²) in [7, 11) is 0. The molecule has 1 aliphatic heterocycles. The molecule has 1 aliphatic rings. The van der Waals surface area contributed by atoms with Crippen LogP contribution in [0.4, 0.5) is 4.79 Å². The third kappa shape index (κ3) is 3.96. The number of carboxylic acids is 1. The summed E-state index contributed by atoms with van der Waals surface area (Å²) >= 11 is 0. The Labute approximate surface area is 99.8 Å². The second-order valence-electron chi connectivity index (χ2n) is 3.98. The van der Waals surface area contributed by atoms with E-state index in [1.165, 1.54) is 4.90 Å². The average molecular weight is 240 g/mol. The molecular weight excluding hydrogens is 224 g/mol.